The Kier molecular flexibility index (Phi) is 1.63. The van der Waals surface area contributed by atoms with E-state index in [1.165, 1.54) is 9.60 Å². The van der Waals surface area contributed by atoms with E-state index in [9.17, 15) is 0 Å². The first-order chi connectivity index (χ1) is 6.43. The summed E-state index contributed by atoms with van der Waals surface area (Å²) in [6, 6.07) is 4.24. The molecule has 64 valence electrons. The fourth-order valence-corrected chi connectivity index (χ4v) is 2.83. The first-order valence-corrected chi connectivity index (χ1v) is 5.82. The van der Waals surface area contributed by atoms with Gasteiger partial charge in [0.15, 0.2) is 0 Å². The Balaban J connectivity index is 2.36. The van der Waals surface area contributed by atoms with Crippen molar-refractivity contribution in [2.24, 2.45) is 4.99 Å². The van der Waals surface area contributed by atoms with Crippen LogP contribution in [-0.2, 0) is 0 Å². The molecule has 0 unspecified atom stereocenters. The van der Waals surface area contributed by atoms with Crippen LogP contribution in [0.4, 0.5) is 5.69 Å². The van der Waals surface area contributed by atoms with Gasteiger partial charge < -0.3 is 0 Å². The van der Waals surface area contributed by atoms with E-state index in [1.807, 2.05) is 23.5 Å². The molecular weight excluding hydrogens is 200 g/mol. The Labute approximate surface area is 83.7 Å². The normalized spacial score (nSPS) is 14.8. The maximum Gasteiger partial charge on any atom is 0.0824 e. The highest BCUT2D eigenvalue weighted by Gasteiger charge is 2.08. The number of nitrogens with zero attached hydrogens (tertiary/aromatic N) is 2. The van der Waals surface area contributed by atoms with Gasteiger partial charge in [0.2, 0.25) is 0 Å². The number of hydrogen-bond acceptors (Lipinski definition) is 4. The van der Waals surface area contributed by atoms with Crippen LogP contribution in [0.1, 0.15) is 0 Å². The van der Waals surface area contributed by atoms with Gasteiger partial charge in [-0.1, -0.05) is 0 Å². The van der Waals surface area contributed by atoms with Crippen LogP contribution in [0.5, 0.6) is 0 Å². The fourth-order valence-electron chi connectivity index (χ4n) is 1.35. The molecule has 1 aromatic heterocycles. The van der Waals surface area contributed by atoms with Gasteiger partial charge in [0.05, 0.1) is 21.4 Å². The van der Waals surface area contributed by atoms with E-state index in [-0.39, 0.29) is 0 Å². The van der Waals surface area contributed by atoms with Crippen LogP contribution in [0.25, 0.3) is 10.2 Å². The Morgan fingerprint density at radius 3 is 3.31 bits per heavy atom. The monoisotopic (exact) mass is 206 g/mol. The second kappa shape index (κ2) is 2.82. The van der Waals surface area contributed by atoms with Gasteiger partial charge in [-0.15, -0.1) is 23.1 Å². The van der Waals surface area contributed by atoms with Gasteiger partial charge in [-0.3, -0.25) is 4.99 Å². The molecule has 0 saturated carbocycles. The van der Waals surface area contributed by atoms with Gasteiger partial charge in [-0.05, 0) is 12.1 Å². The van der Waals surface area contributed by atoms with Crippen LogP contribution >= 0.6 is 23.1 Å². The lowest BCUT2D eigenvalue weighted by Gasteiger charge is -2.07. The second-order valence-corrected chi connectivity index (χ2v) is 4.71. The van der Waals surface area contributed by atoms with Crippen LogP contribution < -0.4 is 0 Å². The molecule has 1 aromatic carbocycles. The topological polar surface area (TPSA) is 25.2 Å². The number of fused-ring (bicyclic) bond motifs is 2. The number of hydrogen-bond donors (Lipinski definition) is 0. The van der Waals surface area contributed by atoms with Crippen LogP contribution in [0.3, 0.4) is 0 Å². The summed E-state index contributed by atoms with van der Waals surface area (Å²) in [7, 11) is 0. The van der Waals surface area contributed by atoms with Gasteiger partial charge in [0.1, 0.15) is 0 Å². The third kappa shape index (κ3) is 1.17. The first-order valence-electron chi connectivity index (χ1n) is 3.96. The van der Waals surface area contributed by atoms with Crippen molar-refractivity contribution in [3.63, 3.8) is 0 Å². The molecule has 2 nitrogen and oxygen atoms in total. The largest absolute Gasteiger partial charge is 0.259 e. The Morgan fingerprint density at radius 2 is 2.31 bits per heavy atom. The zero-order valence-electron chi connectivity index (χ0n) is 6.73. The molecule has 0 fully saturated rings. The number of thiazole rings is 1. The molecule has 0 N–H and O–H groups in total. The Bertz CT molecular complexity index is 487. The van der Waals surface area contributed by atoms with Crippen LogP contribution in [0.15, 0.2) is 27.5 Å². The molecule has 0 radical (unpaired) electrons. The molecule has 0 aliphatic carbocycles. The predicted octanol–water partition coefficient (Wildman–Crippen LogP) is 3.10. The molecule has 0 bridgehead atoms. The summed E-state index contributed by atoms with van der Waals surface area (Å²) >= 11 is 3.49. The quantitative estimate of drug-likeness (QED) is 0.661. The van der Waals surface area contributed by atoms with Crippen molar-refractivity contribution in [3.05, 3.63) is 17.6 Å². The maximum absolute atomic E-state index is 4.36. The minimum atomic E-state index is 0.975. The van der Waals surface area contributed by atoms with E-state index in [1.54, 1.807) is 11.3 Å². The second-order valence-electron chi connectivity index (χ2n) is 2.76. The number of thioether (sulfide) groups is 1. The molecule has 1 aliphatic rings. The third-order valence-electron chi connectivity index (χ3n) is 1.96. The highest BCUT2D eigenvalue weighted by molar-refractivity contribution is 8.00. The lowest BCUT2D eigenvalue weighted by atomic mass is 10.3. The minimum Gasteiger partial charge on any atom is -0.259 e. The average Bonchev–Trinajstić information content (AvgIpc) is 2.61. The van der Waals surface area contributed by atoms with Crippen molar-refractivity contribution >= 4 is 45.2 Å². The van der Waals surface area contributed by atoms with E-state index in [4.69, 9.17) is 0 Å². The molecule has 0 spiro atoms. The lowest BCUT2D eigenvalue weighted by Crippen LogP contribution is -1.87. The molecule has 0 amide bonds. The van der Waals surface area contributed by atoms with Crippen molar-refractivity contribution < 1.29 is 0 Å². The van der Waals surface area contributed by atoms with E-state index < -0.39 is 0 Å². The summed E-state index contributed by atoms with van der Waals surface area (Å²) in [4.78, 5) is 9.89. The van der Waals surface area contributed by atoms with Crippen LogP contribution in [-0.4, -0.2) is 17.0 Å². The highest BCUT2D eigenvalue weighted by Crippen LogP contribution is 2.36. The SMILES string of the molecule is C1=Nc2cc3scnc3cc2SC1. The number of aromatic nitrogens is 1. The Hall–Kier alpha value is -0.870. The standard InChI is InChI=1S/C9H6N2S2/c1-2-12-8-4-7-9(13-5-11-7)3-6(8)10-1/h1,3-5H,2H2. The summed E-state index contributed by atoms with van der Waals surface area (Å²) in [5.41, 5.74) is 4.06. The van der Waals surface area contributed by atoms with Gasteiger partial charge in [-0.25, -0.2) is 4.98 Å². The van der Waals surface area contributed by atoms with Crippen molar-refractivity contribution in [2.75, 3.05) is 5.75 Å². The lowest BCUT2D eigenvalue weighted by molar-refractivity contribution is 1.37. The van der Waals surface area contributed by atoms with Crippen LogP contribution in [0.2, 0.25) is 0 Å². The van der Waals surface area contributed by atoms with Gasteiger partial charge in [0, 0.05) is 16.9 Å². The van der Waals surface area contributed by atoms with Crippen molar-refractivity contribution in [1.82, 2.24) is 4.98 Å². The van der Waals surface area contributed by atoms with Crippen molar-refractivity contribution in [1.29, 1.82) is 0 Å². The molecule has 13 heavy (non-hydrogen) atoms. The van der Waals surface area contributed by atoms with Gasteiger partial charge >= 0.3 is 0 Å². The predicted molar refractivity (Wildman–Crippen MR) is 58.5 cm³/mol. The minimum absolute atomic E-state index is 0.975. The first kappa shape index (κ1) is 7.53. The molecule has 1 aliphatic heterocycles. The molecule has 0 saturated heterocycles. The summed E-state index contributed by atoms with van der Waals surface area (Å²) in [6.07, 6.45) is 1.96. The summed E-state index contributed by atoms with van der Waals surface area (Å²) in [5.74, 6) is 0.975. The number of rotatable bonds is 0. The maximum atomic E-state index is 4.36. The zero-order valence-corrected chi connectivity index (χ0v) is 8.36. The fraction of sp³-hybridized carbons (Fsp3) is 0.111. The van der Waals surface area contributed by atoms with Crippen LogP contribution in [0, 0.1) is 0 Å². The van der Waals surface area contributed by atoms with Crippen molar-refractivity contribution in [2.45, 2.75) is 4.90 Å². The molecule has 2 heterocycles. The van der Waals surface area contributed by atoms with Gasteiger partial charge in [-0.2, -0.15) is 0 Å². The smallest absolute Gasteiger partial charge is 0.0824 e. The summed E-state index contributed by atoms with van der Waals surface area (Å²) in [6.45, 7) is 0. The van der Waals surface area contributed by atoms with E-state index in [2.05, 4.69) is 22.1 Å². The average molecular weight is 206 g/mol. The molecule has 0 atom stereocenters. The Morgan fingerprint density at radius 1 is 1.31 bits per heavy atom. The third-order valence-corrected chi connectivity index (χ3v) is 3.70. The summed E-state index contributed by atoms with van der Waals surface area (Å²) in [5, 5.41) is 0. The molecular formula is C9H6N2S2. The van der Waals surface area contributed by atoms with E-state index in [0.29, 0.717) is 0 Å². The highest BCUT2D eigenvalue weighted by atomic mass is 32.2. The molecule has 4 heteroatoms. The zero-order chi connectivity index (χ0) is 8.67. The van der Waals surface area contributed by atoms with Crippen molar-refractivity contribution in [3.8, 4) is 0 Å². The number of benzene rings is 1. The van der Waals surface area contributed by atoms with E-state index >= 15 is 0 Å². The van der Waals surface area contributed by atoms with E-state index in [0.717, 1.165) is 17.0 Å². The summed E-state index contributed by atoms with van der Waals surface area (Å²) < 4.78 is 1.22. The number of aliphatic imine (C=N–C) groups is 1. The molecule has 3 rings (SSSR count). The molecule has 2 aromatic rings. The van der Waals surface area contributed by atoms with Gasteiger partial charge in [0.25, 0.3) is 0 Å².